The highest BCUT2D eigenvalue weighted by molar-refractivity contribution is 5.87. The lowest BCUT2D eigenvalue weighted by molar-refractivity contribution is 0.136. The van der Waals surface area contributed by atoms with E-state index in [1.54, 1.807) is 0 Å². The molecule has 0 bridgehead atoms. The van der Waals surface area contributed by atoms with Gasteiger partial charge in [-0.25, -0.2) is 4.79 Å². The van der Waals surface area contributed by atoms with Crippen molar-refractivity contribution in [2.24, 2.45) is 22.2 Å². The Hall–Kier alpha value is -2.24. The number of nitrogens with zero attached hydrogens (tertiary/aromatic N) is 1. The summed E-state index contributed by atoms with van der Waals surface area (Å²) in [6, 6.07) is 9.45. The second kappa shape index (κ2) is 6.47. The van der Waals surface area contributed by atoms with Crippen molar-refractivity contribution < 1.29 is 14.7 Å². The number of carbonyl (C=O) groups excluding carboxylic acids is 1. The van der Waals surface area contributed by atoms with Crippen LogP contribution in [-0.4, -0.2) is 23.7 Å². The Bertz CT molecular complexity index is 514. The van der Waals surface area contributed by atoms with Gasteiger partial charge in [0.05, 0.1) is 0 Å². The average Bonchev–Trinajstić information content (AvgIpc) is 3.36. The second-order valence-electron chi connectivity index (χ2n) is 5.59. The molecule has 6 nitrogen and oxygen atoms in total. The van der Waals surface area contributed by atoms with Gasteiger partial charge in [-0.05, 0) is 24.3 Å². The lowest BCUT2D eigenvalue weighted by Gasteiger charge is -2.28. The van der Waals surface area contributed by atoms with Crippen LogP contribution in [0.3, 0.4) is 0 Å². The Labute approximate surface area is 124 Å². The molecule has 1 saturated carbocycles. The average molecular weight is 291 g/mol. The Balaban J connectivity index is 1.82. The monoisotopic (exact) mass is 291 g/mol. The van der Waals surface area contributed by atoms with E-state index in [4.69, 9.17) is 15.7 Å². The molecule has 0 aliphatic heterocycles. The molecule has 1 aromatic carbocycles. The summed E-state index contributed by atoms with van der Waals surface area (Å²) in [6.07, 6.45) is 1.54. The van der Waals surface area contributed by atoms with Crippen molar-refractivity contribution in [2.45, 2.75) is 26.4 Å². The molecule has 114 valence electrons. The van der Waals surface area contributed by atoms with Gasteiger partial charge in [-0.1, -0.05) is 42.4 Å². The van der Waals surface area contributed by atoms with E-state index in [0.717, 1.165) is 18.4 Å². The molecular weight excluding hydrogens is 270 g/mol. The van der Waals surface area contributed by atoms with Gasteiger partial charge in [0, 0.05) is 12.0 Å². The van der Waals surface area contributed by atoms with E-state index in [9.17, 15) is 4.79 Å². The van der Waals surface area contributed by atoms with Gasteiger partial charge < -0.3 is 21.0 Å². The van der Waals surface area contributed by atoms with E-state index < -0.39 is 11.5 Å². The Kier molecular flexibility index (Phi) is 4.67. The largest absolute Gasteiger partial charge is 0.445 e. The molecule has 6 heteroatoms. The first kappa shape index (κ1) is 15.2. The van der Waals surface area contributed by atoms with Crippen molar-refractivity contribution in [3.05, 3.63) is 35.9 Å². The normalized spacial score (nSPS) is 17.9. The lowest BCUT2D eigenvalue weighted by atomic mass is 9.83. The fraction of sp³-hybridized carbons (Fsp3) is 0.467. The fourth-order valence-corrected chi connectivity index (χ4v) is 2.31. The van der Waals surface area contributed by atoms with Gasteiger partial charge in [-0.15, -0.1) is 0 Å². The SMILES string of the molecule is CC(CNC(=O)OCc1ccccc1)(C(N)=NO)C1CC1. The molecule has 0 aromatic heterocycles. The van der Waals surface area contributed by atoms with Crippen molar-refractivity contribution in [2.75, 3.05) is 6.54 Å². The van der Waals surface area contributed by atoms with E-state index in [-0.39, 0.29) is 12.4 Å². The molecule has 21 heavy (non-hydrogen) atoms. The maximum Gasteiger partial charge on any atom is 0.407 e. The molecule has 0 heterocycles. The molecule has 1 atom stereocenters. The van der Waals surface area contributed by atoms with Crippen LogP contribution < -0.4 is 11.1 Å². The van der Waals surface area contributed by atoms with Crippen LogP contribution in [0.2, 0.25) is 0 Å². The molecular formula is C15H21N3O3. The van der Waals surface area contributed by atoms with Crippen molar-refractivity contribution >= 4 is 11.9 Å². The molecule has 0 saturated heterocycles. The number of amides is 1. The summed E-state index contributed by atoms with van der Waals surface area (Å²) in [5, 5.41) is 14.7. The Morgan fingerprint density at radius 3 is 2.71 bits per heavy atom. The molecule has 1 unspecified atom stereocenters. The van der Waals surface area contributed by atoms with Crippen molar-refractivity contribution in [3.8, 4) is 0 Å². The van der Waals surface area contributed by atoms with Gasteiger partial charge in [0.25, 0.3) is 0 Å². The summed E-state index contributed by atoms with van der Waals surface area (Å²) >= 11 is 0. The number of carbonyl (C=O) groups is 1. The number of nitrogens with two attached hydrogens (primary N) is 1. The first-order valence-electron chi connectivity index (χ1n) is 6.99. The molecule has 1 aromatic rings. The Morgan fingerprint density at radius 1 is 1.48 bits per heavy atom. The number of ether oxygens (including phenoxy) is 1. The summed E-state index contributed by atoms with van der Waals surface area (Å²) < 4.78 is 5.14. The minimum Gasteiger partial charge on any atom is -0.445 e. The summed E-state index contributed by atoms with van der Waals surface area (Å²) in [6.45, 7) is 2.40. The smallest absolute Gasteiger partial charge is 0.407 e. The number of benzene rings is 1. The van der Waals surface area contributed by atoms with Gasteiger partial charge in [0.2, 0.25) is 0 Å². The van der Waals surface area contributed by atoms with Gasteiger partial charge in [-0.2, -0.15) is 0 Å². The highest BCUT2D eigenvalue weighted by Crippen LogP contribution is 2.45. The van der Waals surface area contributed by atoms with Crippen molar-refractivity contribution in [1.82, 2.24) is 5.32 Å². The number of alkyl carbamates (subject to hydrolysis) is 1. The summed E-state index contributed by atoms with van der Waals surface area (Å²) in [5.74, 6) is 0.483. The molecule has 2 rings (SSSR count). The van der Waals surface area contributed by atoms with Gasteiger partial charge in [0.15, 0.2) is 0 Å². The van der Waals surface area contributed by atoms with Gasteiger partial charge in [-0.3, -0.25) is 0 Å². The maximum absolute atomic E-state index is 11.7. The number of rotatable bonds is 6. The fourth-order valence-electron chi connectivity index (χ4n) is 2.31. The van der Waals surface area contributed by atoms with E-state index >= 15 is 0 Å². The zero-order valence-electron chi connectivity index (χ0n) is 12.1. The number of hydrogen-bond donors (Lipinski definition) is 3. The van der Waals surface area contributed by atoms with E-state index in [2.05, 4.69) is 10.5 Å². The predicted octanol–water partition coefficient (Wildman–Crippen LogP) is 2.08. The third-order valence-corrected chi connectivity index (χ3v) is 3.98. The topological polar surface area (TPSA) is 96.9 Å². The molecule has 1 aliphatic rings. The number of nitrogens with one attached hydrogen (secondary N) is 1. The quantitative estimate of drug-likeness (QED) is 0.323. The van der Waals surface area contributed by atoms with Crippen molar-refractivity contribution in [1.29, 1.82) is 0 Å². The van der Waals surface area contributed by atoms with Crippen LogP contribution in [0.1, 0.15) is 25.3 Å². The highest BCUT2D eigenvalue weighted by atomic mass is 16.5. The minimum atomic E-state index is -0.527. The first-order valence-corrected chi connectivity index (χ1v) is 6.99. The van der Waals surface area contributed by atoms with Crippen LogP contribution in [0.5, 0.6) is 0 Å². The minimum absolute atomic E-state index is 0.147. The standard InChI is InChI=1S/C15H21N3O3/c1-15(12-7-8-12,13(16)18-20)10-17-14(19)21-9-11-5-3-2-4-6-11/h2-6,12,20H,7-10H2,1H3,(H2,16,18)(H,17,19). The lowest BCUT2D eigenvalue weighted by Crippen LogP contribution is -2.46. The van der Waals surface area contributed by atoms with Gasteiger partial charge >= 0.3 is 6.09 Å². The van der Waals surface area contributed by atoms with Crippen LogP contribution in [0.15, 0.2) is 35.5 Å². The van der Waals surface area contributed by atoms with E-state index in [1.165, 1.54) is 0 Å². The second-order valence-corrected chi connectivity index (χ2v) is 5.59. The summed E-state index contributed by atoms with van der Waals surface area (Å²) in [5.41, 5.74) is 6.15. The maximum atomic E-state index is 11.7. The number of oxime groups is 1. The van der Waals surface area contributed by atoms with Gasteiger partial charge in [0.1, 0.15) is 12.4 Å². The molecule has 1 fully saturated rings. The molecule has 0 spiro atoms. The Morgan fingerprint density at radius 2 is 2.14 bits per heavy atom. The first-order chi connectivity index (χ1) is 10.1. The van der Waals surface area contributed by atoms with Crippen LogP contribution >= 0.6 is 0 Å². The third kappa shape index (κ3) is 3.87. The zero-order valence-corrected chi connectivity index (χ0v) is 12.1. The van der Waals surface area contributed by atoms with Crippen molar-refractivity contribution in [3.63, 3.8) is 0 Å². The predicted molar refractivity (Wildman–Crippen MR) is 78.9 cm³/mol. The summed E-state index contributed by atoms with van der Waals surface area (Å²) in [4.78, 5) is 11.7. The molecule has 1 aliphatic carbocycles. The molecule has 4 N–H and O–H groups in total. The highest BCUT2D eigenvalue weighted by Gasteiger charge is 2.45. The van der Waals surface area contributed by atoms with Crippen LogP contribution in [0.25, 0.3) is 0 Å². The molecule has 0 radical (unpaired) electrons. The third-order valence-electron chi connectivity index (χ3n) is 3.98. The number of hydrogen-bond acceptors (Lipinski definition) is 4. The van der Waals surface area contributed by atoms with Crippen LogP contribution in [0, 0.1) is 11.3 Å². The van der Waals surface area contributed by atoms with E-state index in [1.807, 2.05) is 37.3 Å². The van der Waals surface area contributed by atoms with Crippen LogP contribution in [0.4, 0.5) is 4.79 Å². The molecule has 1 amide bonds. The van der Waals surface area contributed by atoms with E-state index in [0.29, 0.717) is 12.5 Å². The number of amidine groups is 1. The zero-order chi connectivity index (χ0) is 15.3. The summed E-state index contributed by atoms with van der Waals surface area (Å²) in [7, 11) is 0. The van der Waals surface area contributed by atoms with Crippen LogP contribution in [-0.2, 0) is 11.3 Å².